The number of phenols is 2. The fourth-order valence-corrected chi connectivity index (χ4v) is 15.0. The second-order valence-electron chi connectivity index (χ2n) is 27.1. The molecule has 8 atom stereocenters. The van der Waals surface area contributed by atoms with Gasteiger partial charge >= 0.3 is 11.9 Å². The fraction of sp³-hybridized carbons (Fsp3) is 0.535. The van der Waals surface area contributed by atoms with Crippen molar-refractivity contribution in [2.45, 2.75) is 183 Å². The summed E-state index contributed by atoms with van der Waals surface area (Å²) in [4.78, 5) is 174. The maximum atomic E-state index is 14.9. The number of hydrogen-bond acceptors (Lipinski definition) is 18. The first-order chi connectivity index (χ1) is 48.8. The number of carboxylic acid groups (broad SMARTS) is 1. The number of rotatable bonds is 15. The Hall–Kier alpha value is -9.91. The van der Waals surface area contributed by atoms with Crippen molar-refractivity contribution in [1.29, 1.82) is 0 Å². The van der Waals surface area contributed by atoms with Crippen LogP contribution in [0.1, 0.15) is 156 Å². The fourth-order valence-electron chi connectivity index (χ4n) is 14.8. The second-order valence-corrected chi connectivity index (χ2v) is 27.5. The molecule has 1 spiro atoms. The number of carboxylic acids is 1. The summed E-state index contributed by atoms with van der Waals surface area (Å²) in [7, 11) is 0. The van der Waals surface area contributed by atoms with Crippen LogP contribution in [0.15, 0.2) is 66.7 Å². The molecule has 7 aliphatic heterocycles. The van der Waals surface area contributed by atoms with Crippen molar-refractivity contribution in [2.24, 2.45) is 5.73 Å². The first kappa shape index (κ1) is 74.8. The van der Waals surface area contributed by atoms with Crippen molar-refractivity contribution in [3.8, 4) is 23.0 Å². The quantitative estimate of drug-likeness (QED) is 0.0452. The van der Waals surface area contributed by atoms with Crippen LogP contribution in [0.5, 0.6) is 23.0 Å². The molecule has 31 heteroatoms. The summed E-state index contributed by atoms with van der Waals surface area (Å²) < 4.78 is 12.3. The third-order valence-electron chi connectivity index (χ3n) is 20.0. The largest absolute Gasteiger partial charge is 0.508 e. The van der Waals surface area contributed by atoms with Crippen molar-refractivity contribution in [2.75, 3.05) is 64.2 Å². The van der Waals surface area contributed by atoms with Gasteiger partial charge in [0.1, 0.15) is 71.8 Å². The van der Waals surface area contributed by atoms with Gasteiger partial charge in [0, 0.05) is 93.2 Å². The molecule has 0 bridgehead atoms. The Labute approximate surface area is 595 Å². The Morgan fingerprint density at radius 1 is 0.706 bits per heavy atom. The summed E-state index contributed by atoms with van der Waals surface area (Å²) in [5, 5.41) is 55.1. The smallest absolute Gasteiger partial charge is 0.340 e. The number of ether oxygens (including phenoxy) is 2. The third kappa shape index (κ3) is 17.0. The van der Waals surface area contributed by atoms with E-state index in [9.17, 15) is 78.0 Å². The molecule has 548 valence electrons. The molecular weight excluding hydrogens is 1340 g/mol. The zero-order valence-corrected chi connectivity index (χ0v) is 58.1. The average Bonchev–Trinajstić information content (AvgIpc) is 1.47. The number of nitrogens with one attached hydrogen (secondary N) is 5. The molecule has 30 nitrogen and oxygen atoms in total. The number of nitrogens with two attached hydrogens (primary N) is 1. The number of aliphatic carboxylic acids is 1. The van der Waals surface area contributed by atoms with Crippen LogP contribution in [0.4, 0.5) is 5.69 Å². The molecule has 3 aromatic carbocycles. The molecule has 4 fully saturated rings. The Morgan fingerprint density at radius 3 is 2.03 bits per heavy atom. The van der Waals surface area contributed by atoms with E-state index in [1.165, 1.54) is 62.6 Å². The van der Waals surface area contributed by atoms with Crippen molar-refractivity contribution < 1.29 is 87.4 Å². The maximum absolute atomic E-state index is 14.9. The first-order valence-corrected chi connectivity index (χ1v) is 35.5. The number of aliphatic hydroxyl groups is 1. The lowest BCUT2D eigenvalue weighted by molar-refractivity contribution is -0.150. The van der Waals surface area contributed by atoms with Gasteiger partial charge in [-0.2, -0.15) is 0 Å². The van der Waals surface area contributed by atoms with Gasteiger partial charge < -0.3 is 91.6 Å². The number of primary amides is 1. The van der Waals surface area contributed by atoms with E-state index < -0.39 is 139 Å². The Kier molecular flexibility index (Phi) is 24.4. The number of carbonyl (C=O) groups is 12. The van der Waals surface area contributed by atoms with Gasteiger partial charge in [-0.05, 0) is 158 Å². The van der Waals surface area contributed by atoms with Crippen LogP contribution in [-0.2, 0) is 63.1 Å². The van der Waals surface area contributed by atoms with Crippen LogP contribution in [0.25, 0.3) is 0 Å². The predicted molar refractivity (Wildman–Crippen MR) is 370 cm³/mol. The molecule has 11 N–H and O–H groups in total. The number of aliphatic hydroxyl groups excluding tert-OH is 1. The topological polar surface area (TPSA) is 410 Å². The number of amides is 10. The average molecular weight is 1430 g/mol. The van der Waals surface area contributed by atoms with E-state index >= 15 is 0 Å². The van der Waals surface area contributed by atoms with Gasteiger partial charge in [-0.15, -0.1) is 0 Å². The van der Waals surface area contributed by atoms with Crippen molar-refractivity contribution in [1.82, 2.24) is 50.7 Å². The summed E-state index contributed by atoms with van der Waals surface area (Å²) >= 11 is 5.69. The molecule has 10 rings (SSSR count). The second kappa shape index (κ2) is 33.3. The summed E-state index contributed by atoms with van der Waals surface area (Å²) in [6.45, 7) is 2.83. The molecule has 0 aromatic heterocycles. The first-order valence-electron chi connectivity index (χ1n) is 35.1. The zero-order valence-electron chi connectivity index (χ0n) is 57.2. The molecule has 0 radical (unpaired) electrons. The molecule has 7 aliphatic rings. The Balaban J connectivity index is 0.794. The molecular formula is C71H90N12O18S. The number of phenolic OH excluding ortho intramolecular Hbond substituents is 2. The lowest BCUT2D eigenvalue weighted by Gasteiger charge is -2.36. The van der Waals surface area contributed by atoms with Gasteiger partial charge in [0.25, 0.3) is 0 Å². The molecule has 102 heavy (non-hydrogen) atoms. The standard InChI is InChI=1S/C71H90N12O18S/c1-41-65(95)82-34-15-19-54(82)68(98)83-35-14-18-53(83)67(97)78(39-57(87)76-50(62(72)92)27-28-60(90)91)30-10-6-4-3-5-7-11-31-79(40-59(89)80-32-12-16-51(80)63(93)77-61(42(2)84)64(94)74-41)66(96)52-17-13-33-81(52)58(88)20-8-9-29-73-70(102)75-43-21-24-46-49(36-43)71(101-69(46)99)47-25-22-44(85)37-55(47)100-56-38-45(86)23-26-48(56)71/h7,11,21-26,36-38,41-42,50-54,61,84-86H,3-6,8-10,12-20,27-35,39-40H2,1-2H3,(H2,72,92)(H,74,94)(H,76,87)(H,77,93)(H,90,91)(H2,73,75,102)/t41-,42+,50-,51-,52-,53-,54-,61-/m0/s1. The lowest BCUT2D eigenvalue weighted by atomic mass is 9.77. The van der Waals surface area contributed by atoms with Gasteiger partial charge in [0.05, 0.1) is 18.2 Å². The van der Waals surface area contributed by atoms with E-state index in [4.69, 9.17) is 27.4 Å². The van der Waals surface area contributed by atoms with E-state index in [-0.39, 0.29) is 98.8 Å². The monoisotopic (exact) mass is 1430 g/mol. The third-order valence-corrected chi connectivity index (χ3v) is 20.2. The van der Waals surface area contributed by atoms with Crippen LogP contribution >= 0.6 is 12.2 Å². The minimum absolute atomic E-state index is 0.0363. The number of nitrogens with zero attached hydrogens (tertiary/aromatic N) is 6. The number of aromatic hydroxyl groups is 2. The lowest BCUT2D eigenvalue weighted by Crippen LogP contribution is -2.60. The van der Waals surface area contributed by atoms with E-state index in [0.29, 0.717) is 118 Å². The highest BCUT2D eigenvalue weighted by molar-refractivity contribution is 7.80. The molecule has 0 saturated carbocycles. The van der Waals surface area contributed by atoms with Crippen molar-refractivity contribution in [3.63, 3.8) is 0 Å². The highest BCUT2D eigenvalue weighted by atomic mass is 32.1. The van der Waals surface area contributed by atoms with Gasteiger partial charge in [-0.25, -0.2) is 4.79 Å². The highest BCUT2D eigenvalue weighted by Crippen LogP contribution is 2.57. The van der Waals surface area contributed by atoms with E-state index in [1.807, 2.05) is 6.08 Å². The van der Waals surface area contributed by atoms with Crippen molar-refractivity contribution in [3.05, 3.63) is 89.0 Å². The van der Waals surface area contributed by atoms with Crippen LogP contribution in [0.2, 0.25) is 0 Å². The highest BCUT2D eigenvalue weighted by Gasteiger charge is 2.54. The van der Waals surface area contributed by atoms with E-state index in [0.717, 1.165) is 0 Å². The van der Waals surface area contributed by atoms with Crippen LogP contribution in [0, 0.1) is 0 Å². The summed E-state index contributed by atoms with van der Waals surface area (Å²) in [6.07, 6.45) is 8.05. The Bertz CT molecular complexity index is 3740. The van der Waals surface area contributed by atoms with Gasteiger partial charge in [0.15, 0.2) is 10.7 Å². The van der Waals surface area contributed by atoms with Gasteiger partial charge in [0.2, 0.25) is 59.1 Å². The molecule has 0 aliphatic carbocycles. The summed E-state index contributed by atoms with van der Waals surface area (Å²) in [5.74, 6) is -7.85. The minimum Gasteiger partial charge on any atom is -0.508 e. The molecule has 4 saturated heterocycles. The number of esters is 1. The number of allylic oxidation sites excluding steroid dienone is 1. The molecule has 10 amide bonds. The number of benzene rings is 3. The number of hydrogen-bond donors (Lipinski definition) is 10. The molecule has 0 unspecified atom stereocenters. The van der Waals surface area contributed by atoms with E-state index in [1.54, 1.807) is 41.3 Å². The summed E-state index contributed by atoms with van der Waals surface area (Å²) in [5.41, 5.74) is 6.23. The summed E-state index contributed by atoms with van der Waals surface area (Å²) in [6, 6.07) is 5.77. The molecule has 3 aromatic rings. The normalized spacial score (nSPS) is 23.4. The SMILES string of the molecule is C[C@@H]1NC(=O)[C@H]([C@@H](C)O)NC(=O)[C@@H]2CCCN2C(=O)CN(C(=O)[C@@H]2CCCN2C(=O)CCCCNC(=S)Nc2ccc3c(c2)C2(OC3=O)c3ccc(O)cc3Oc3cc(O)ccc32)CC=CCCCCCCN(CC(=O)N[C@@H](CCC(=O)O)C(N)=O)C(=O)[C@@H]2CCCN2C(=O)[C@@H]2CCCN2C1=O. The van der Waals surface area contributed by atoms with Crippen LogP contribution in [-0.4, -0.2) is 233 Å². The van der Waals surface area contributed by atoms with Crippen LogP contribution < -0.4 is 37.1 Å². The number of fused-ring (bicyclic) bond motifs is 9. The van der Waals surface area contributed by atoms with Gasteiger partial charge in [-0.1, -0.05) is 25.0 Å². The Morgan fingerprint density at radius 2 is 1.35 bits per heavy atom. The molecule has 7 heterocycles. The number of anilines is 1. The minimum atomic E-state index is -1.60. The number of thiocarbonyl (C=S) groups is 1. The zero-order chi connectivity index (χ0) is 73.1. The van der Waals surface area contributed by atoms with Crippen LogP contribution in [0.3, 0.4) is 0 Å². The number of unbranched alkanes of at least 4 members (excludes halogenated alkanes) is 1. The van der Waals surface area contributed by atoms with E-state index in [2.05, 4.69) is 26.6 Å². The maximum Gasteiger partial charge on any atom is 0.340 e. The number of carbonyl (C=O) groups excluding carboxylic acids is 11. The predicted octanol–water partition coefficient (Wildman–Crippen LogP) is 2.47. The van der Waals surface area contributed by atoms with Crippen molar-refractivity contribution >= 4 is 94.0 Å². The van der Waals surface area contributed by atoms with Gasteiger partial charge in [-0.3, -0.25) is 52.7 Å². The number of likely N-dealkylation sites (tertiary alicyclic amines) is 1.